The van der Waals surface area contributed by atoms with Crippen LogP contribution in [0.3, 0.4) is 0 Å². The Bertz CT molecular complexity index is 312. The van der Waals surface area contributed by atoms with Gasteiger partial charge < -0.3 is 15.4 Å². The number of nitrogens with zero attached hydrogens (tertiary/aromatic N) is 1. The second-order valence-electron chi connectivity index (χ2n) is 5.62. The van der Waals surface area contributed by atoms with Crippen molar-refractivity contribution in [3.05, 3.63) is 0 Å². The molecule has 0 spiro atoms. The second kappa shape index (κ2) is 4.95. The Morgan fingerprint density at radius 3 is 2.28 bits per heavy atom. The smallest absolute Gasteiger partial charge is 0.410 e. The molecule has 0 aromatic carbocycles. The molecule has 0 aromatic rings. The van der Waals surface area contributed by atoms with Crippen LogP contribution in [0.1, 0.15) is 27.2 Å². The molecule has 1 amide bonds. The van der Waals surface area contributed by atoms with Gasteiger partial charge in [-0.05, 0) is 27.2 Å². The number of rotatable bonds is 0. The fourth-order valence-corrected chi connectivity index (χ4v) is 1.85. The number of piperidine rings is 1. The van der Waals surface area contributed by atoms with Crippen LogP contribution >= 0.6 is 0 Å². The topological polar surface area (TPSA) is 55.6 Å². The zero-order valence-corrected chi connectivity index (χ0v) is 10.8. The van der Waals surface area contributed by atoms with E-state index >= 15 is 0 Å². The van der Waals surface area contributed by atoms with Crippen molar-refractivity contribution in [1.82, 2.24) is 4.90 Å². The average Bonchev–Trinajstić information content (AvgIpc) is 2.12. The molecule has 0 saturated carbocycles. The first-order valence-corrected chi connectivity index (χ1v) is 5.79. The van der Waals surface area contributed by atoms with Crippen molar-refractivity contribution in [2.75, 3.05) is 13.1 Å². The third-order valence-electron chi connectivity index (χ3n) is 2.60. The molecule has 0 aromatic heterocycles. The highest BCUT2D eigenvalue weighted by Gasteiger charge is 2.45. The molecule has 4 nitrogen and oxygen atoms in total. The Hall–Kier alpha value is -0.980. The Kier molecular flexibility index (Phi) is 4.15. The lowest BCUT2D eigenvalue weighted by molar-refractivity contribution is -0.186. The summed E-state index contributed by atoms with van der Waals surface area (Å²) in [6, 6.07) is -0.669. The molecule has 1 saturated heterocycles. The number of ether oxygens (including phenoxy) is 1. The number of carbonyl (C=O) groups is 1. The lowest BCUT2D eigenvalue weighted by Gasteiger charge is -2.37. The third-order valence-corrected chi connectivity index (χ3v) is 2.60. The van der Waals surface area contributed by atoms with E-state index in [9.17, 15) is 18.0 Å². The summed E-state index contributed by atoms with van der Waals surface area (Å²) in [4.78, 5) is 12.8. The lowest BCUT2D eigenvalue weighted by Crippen LogP contribution is -2.53. The van der Waals surface area contributed by atoms with Gasteiger partial charge in [0, 0.05) is 19.1 Å². The van der Waals surface area contributed by atoms with Gasteiger partial charge in [0.25, 0.3) is 0 Å². The standard InChI is InChI=1S/C11H19F3N2O2/c1-10(2,3)18-9(17)16-5-7(11(12,13)14)4-8(15)6-16/h7-8H,4-6,15H2,1-3H3/t7-,8+/m1/s1. The highest BCUT2D eigenvalue weighted by molar-refractivity contribution is 5.68. The minimum Gasteiger partial charge on any atom is -0.444 e. The Morgan fingerprint density at radius 2 is 1.83 bits per heavy atom. The van der Waals surface area contributed by atoms with Gasteiger partial charge in [-0.15, -0.1) is 0 Å². The van der Waals surface area contributed by atoms with E-state index in [1.54, 1.807) is 20.8 Å². The number of hydrogen-bond acceptors (Lipinski definition) is 3. The van der Waals surface area contributed by atoms with E-state index in [0.717, 1.165) is 4.90 Å². The molecule has 0 bridgehead atoms. The quantitative estimate of drug-likeness (QED) is 0.732. The molecule has 1 rings (SSSR count). The van der Waals surface area contributed by atoms with Crippen molar-refractivity contribution in [2.24, 2.45) is 11.7 Å². The highest BCUT2D eigenvalue weighted by Crippen LogP contribution is 2.33. The van der Waals surface area contributed by atoms with Crippen LogP contribution in [0, 0.1) is 5.92 Å². The molecule has 0 unspecified atom stereocenters. The van der Waals surface area contributed by atoms with Crippen molar-refractivity contribution in [3.63, 3.8) is 0 Å². The predicted octanol–water partition coefficient (Wildman–Crippen LogP) is 2.13. The molecule has 18 heavy (non-hydrogen) atoms. The summed E-state index contributed by atoms with van der Waals surface area (Å²) in [6.45, 7) is 4.70. The van der Waals surface area contributed by atoms with Gasteiger partial charge in [0.2, 0.25) is 0 Å². The van der Waals surface area contributed by atoms with E-state index in [0.29, 0.717) is 0 Å². The fourth-order valence-electron chi connectivity index (χ4n) is 1.85. The normalized spacial score (nSPS) is 26.1. The Morgan fingerprint density at radius 1 is 1.28 bits per heavy atom. The van der Waals surface area contributed by atoms with Crippen LogP contribution in [0.25, 0.3) is 0 Å². The number of carbonyl (C=O) groups excluding carboxylic acids is 1. The Labute approximate surface area is 104 Å². The maximum Gasteiger partial charge on any atom is 0.410 e. The van der Waals surface area contributed by atoms with Crippen LogP contribution in [-0.4, -0.2) is 41.9 Å². The number of hydrogen-bond donors (Lipinski definition) is 1. The van der Waals surface area contributed by atoms with Gasteiger partial charge in [0.15, 0.2) is 0 Å². The first-order valence-electron chi connectivity index (χ1n) is 5.79. The molecule has 2 atom stereocenters. The van der Waals surface area contributed by atoms with Crippen LogP contribution in [0.15, 0.2) is 0 Å². The number of halogens is 3. The number of likely N-dealkylation sites (tertiary alicyclic amines) is 1. The van der Waals surface area contributed by atoms with Gasteiger partial charge in [-0.3, -0.25) is 0 Å². The van der Waals surface area contributed by atoms with E-state index in [-0.39, 0.29) is 19.5 Å². The minimum atomic E-state index is -4.34. The van der Waals surface area contributed by atoms with E-state index in [2.05, 4.69) is 0 Å². The number of alkyl halides is 3. The van der Waals surface area contributed by atoms with Gasteiger partial charge in [0.1, 0.15) is 5.60 Å². The molecular weight excluding hydrogens is 249 g/mol. The summed E-state index contributed by atoms with van der Waals surface area (Å²) in [5.41, 5.74) is 4.83. The van der Waals surface area contributed by atoms with E-state index in [1.165, 1.54) is 0 Å². The van der Waals surface area contributed by atoms with Gasteiger partial charge in [0.05, 0.1) is 5.92 Å². The monoisotopic (exact) mass is 268 g/mol. The van der Waals surface area contributed by atoms with Crippen LogP contribution in [0.4, 0.5) is 18.0 Å². The zero-order valence-electron chi connectivity index (χ0n) is 10.8. The Balaban J connectivity index is 2.69. The number of amides is 1. The minimum absolute atomic E-state index is 0.0987. The van der Waals surface area contributed by atoms with Crippen molar-refractivity contribution in [1.29, 1.82) is 0 Å². The molecule has 2 N–H and O–H groups in total. The molecule has 0 aliphatic carbocycles. The first kappa shape index (κ1) is 15.1. The van der Waals surface area contributed by atoms with Crippen LogP contribution in [0.5, 0.6) is 0 Å². The van der Waals surface area contributed by atoms with Crippen molar-refractivity contribution in [3.8, 4) is 0 Å². The van der Waals surface area contributed by atoms with E-state index in [1.807, 2.05) is 0 Å². The molecule has 106 valence electrons. The van der Waals surface area contributed by atoms with Gasteiger partial charge in [-0.2, -0.15) is 13.2 Å². The molecule has 1 aliphatic heterocycles. The molecule has 7 heteroatoms. The molecule has 1 aliphatic rings. The summed E-state index contributed by atoms with van der Waals surface area (Å²) in [6.07, 6.45) is -5.23. The molecular formula is C11H19F3N2O2. The largest absolute Gasteiger partial charge is 0.444 e. The summed E-state index contributed by atoms with van der Waals surface area (Å²) in [5, 5.41) is 0. The first-order chi connectivity index (χ1) is 7.99. The second-order valence-corrected chi connectivity index (χ2v) is 5.62. The maximum atomic E-state index is 12.7. The van der Waals surface area contributed by atoms with E-state index in [4.69, 9.17) is 10.5 Å². The van der Waals surface area contributed by atoms with E-state index < -0.39 is 29.8 Å². The summed E-state index contributed by atoms with van der Waals surface area (Å²) in [7, 11) is 0. The SMILES string of the molecule is CC(C)(C)OC(=O)N1C[C@@H](N)C[C@@H](C(F)(F)F)C1. The zero-order chi connectivity index (χ0) is 14.1. The van der Waals surface area contributed by atoms with Crippen LogP contribution in [-0.2, 0) is 4.74 Å². The van der Waals surface area contributed by atoms with Crippen LogP contribution in [0.2, 0.25) is 0 Å². The summed E-state index contributed by atoms with van der Waals surface area (Å²) in [5.74, 6) is -1.58. The van der Waals surface area contributed by atoms with Gasteiger partial charge in [-0.25, -0.2) is 4.79 Å². The van der Waals surface area contributed by atoms with Crippen molar-refractivity contribution >= 4 is 6.09 Å². The van der Waals surface area contributed by atoms with Gasteiger partial charge >= 0.3 is 12.3 Å². The fraction of sp³-hybridized carbons (Fsp3) is 0.909. The average molecular weight is 268 g/mol. The van der Waals surface area contributed by atoms with Crippen molar-refractivity contribution < 1.29 is 22.7 Å². The highest BCUT2D eigenvalue weighted by atomic mass is 19.4. The summed E-state index contributed by atoms with van der Waals surface area (Å²) < 4.78 is 43.0. The lowest BCUT2D eigenvalue weighted by atomic mass is 9.94. The van der Waals surface area contributed by atoms with Gasteiger partial charge in [-0.1, -0.05) is 0 Å². The third kappa shape index (κ3) is 4.36. The van der Waals surface area contributed by atoms with Crippen LogP contribution < -0.4 is 5.73 Å². The summed E-state index contributed by atoms with van der Waals surface area (Å²) >= 11 is 0. The molecule has 1 heterocycles. The predicted molar refractivity (Wildman–Crippen MR) is 59.9 cm³/mol. The number of nitrogens with two attached hydrogens (primary N) is 1. The molecule has 1 fully saturated rings. The maximum absolute atomic E-state index is 12.7. The molecule has 0 radical (unpaired) electrons. The van der Waals surface area contributed by atoms with Crippen molar-refractivity contribution in [2.45, 2.75) is 45.0 Å².